The molecule has 0 atom stereocenters. The number of benzene rings is 2. The largest absolute Gasteiger partial charge is 0.424 e. The molecular weight excluding hydrogens is 318 g/mol. The summed E-state index contributed by atoms with van der Waals surface area (Å²) in [6.45, 7) is 1.92. The molecule has 0 saturated heterocycles. The molecule has 0 aliphatic rings. The lowest BCUT2D eigenvalue weighted by atomic mass is 10.1. The number of aromatic nitrogens is 2. The highest BCUT2D eigenvalue weighted by atomic mass is 16.5. The monoisotopic (exact) mass is 333 g/mol. The summed E-state index contributed by atoms with van der Waals surface area (Å²) in [5, 5.41) is 2.57. The van der Waals surface area contributed by atoms with Crippen LogP contribution < -0.4 is 10.1 Å². The molecule has 6 heteroatoms. The summed E-state index contributed by atoms with van der Waals surface area (Å²) in [5.74, 6) is -0.754. The topological polar surface area (TPSA) is 81.2 Å². The molecule has 2 aromatic carbocycles. The molecule has 1 amide bonds. The van der Waals surface area contributed by atoms with E-state index in [0.29, 0.717) is 17.0 Å². The second kappa shape index (κ2) is 7.35. The highest BCUT2D eigenvalue weighted by Crippen LogP contribution is 2.20. The summed E-state index contributed by atoms with van der Waals surface area (Å²) in [6.07, 6.45) is 3.15. The Bertz CT molecular complexity index is 876. The van der Waals surface area contributed by atoms with E-state index in [4.69, 9.17) is 4.74 Å². The number of ketones is 1. The Morgan fingerprint density at radius 1 is 0.920 bits per heavy atom. The molecule has 0 unspecified atom stereocenters. The Morgan fingerprint density at radius 3 is 2.20 bits per heavy atom. The molecule has 0 bridgehead atoms. The van der Waals surface area contributed by atoms with Crippen LogP contribution in [-0.4, -0.2) is 21.7 Å². The maximum atomic E-state index is 12.1. The Hall–Kier alpha value is -3.54. The van der Waals surface area contributed by atoms with Crippen LogP contribution in [0.5, 0.6) is 11.8 Å². The molecule has 0 aliphatic carbocycles. The third-order valence-corrected chi connectivity index (χ3v) is 3.38. The minimum atomic E-state index is -0.691. The van der Waals surface area contributed by atoms with Crippen LogP contribution in [0.2, 0.25) is 0 Å². The number of nitrogens with zero attached hydrogens (tertiary/aromatic N) is 2. The fourth-order valence-corrected chi connectivity index (χ4v) is 2.07. The minimum Gasteiger partial charge on any atom is -0.424 e. The molecule has 1 aromatic heterocycles. The molecule has 124 valence electrons. The van der Waals surface area contributed by atoms with E-state index in [1.807, 2.05) is 6.92 Å². The second-order valence-electron chi connectivity index (χ2n) is 5.31. The average molecular weight is 333 g/mol. The highest BCUT2D eigenvalue weighted by Gasteiger charge is 2.16. The van der Waals surface area contributed by atoms with Crippen LogP contribution in [-0.2, 0) is 4.79 Å². The fraction of sp³-hybridized carbons (Fsp3) is 0.0526. The molecule has 3 aromatic rings. The quantitative estimate of drug-likeness (QED) is 0.572. The van der Waals surface area contributed by atoms with Gasteiger partial charge in [-0.25, -0.2) is 9.97 Å². The van der Waals surface area contributed by atoms with Crippen molar-refractivity contribution in [3.8, 4) is 11.8 Å². The van der Waals surface area contributed by atoms with Crippen molar-refractivity contribution in [1.29, 1.82) is 0 Å². The van der Waals surface area contributed by atoms with E-state index in [9.17, 15) is 9.59 Å². The number of Topliss-reactive ketones (excluding diaryl/α,β-unsaturated/α-hetero) is 1. The molecule has 0 spiro atoms. The van der Waals surface area contributed by atoms with Crippen molar-refractivity contribution in [1.82, 2.24) is 9.97 Å². The van der Waals surface area contributed by atoms with Gasteiger partial charge in [0.05, 0.1) is 0 Å². The van der Waals surface area contributed by atoms with Crippen LogP contribution in [0.15, 0.2) is 67.0 Å². The first-order valence-electron chi connectivity index (χ1n) is 7.59. The van der Waals surface area contributed by atoms with Gasteiger partial charge in [-0.3, -0.25) is 9.59 Å². The summed E-state index contributed by atoms with van der Waals surface area (Å²) in [5.41, 5.74) is 1.87. The van der Waals surface area contributed by atoms with E-state index in [2.05, 4.69) is 15.3 Å². The summed E-state index contributed by atoms with van der Waals surface area (Å²) < 4.78 is 5.46. The summed E-state index contributed by atoms with van der Waals surface area (Å²) in [7, 11) is 0. The van der Waals surface area contributed by atoms with E-state index < -0.39 is 11.7 Å². The number of amides is 1. The second-order valence-corrected chi connectivity index (χ2v) is 5.31. The van der Waals surface area contributed by atoms with Gasteiger partial charge in [-0.1, -0.05) is 29.8 Å². The van der Waals surface area contributed by atoms with Gasteiger partial charge in [-0.05, 0) is 37.3 Å². The smallest absolute Gasteiger partial charge is 0.321 e. The molecule has 0 fully saturated rings. The zero-order valence-electron chi connectivity index (χ0n) is 13.5. The van der Waals surface area contributed by atoms with Gasteiger partial charge in [-0.15, -0.1) is 0 Å². The van der Waals surface area contributed by atoms with Crippen LogP contribution in [0, 0.1) is 6.92 Å². The van der Waals surface area contributed by atoms with Crippen LogP contribution in [0.3, 0.4) is 0 Å². The molecule has 0 saturated carbocycles. The number of rotatable bonds is 5. The summed E-state index contributed by atoms with van der Waals surface area (Å²) in [4.78, 5) is 32.1. The number of hydrogen-bond donors (Lipinski definition) is 1. The van der Waals surface area contributed by atoms with Crippen molar-refractivity contribution in [2.45, 2.75) is 6.92 Å². The third kappa shape index (κ3) is 4.26. The van der Waals surface area contributed by atoms with Gasteiger partial charge in [0.1, 0.15) is 5.75 Å². The zero-order chi connectivity index (χ0) is 17.6. The van der Waals surface area contributed by atoms with Crippen molar-refractivity contribution in [3.63, 3.8) is 0 Å². The Labute approximate surface area is 144 Å². The van der Waals surface area contributed by atoms with E-state index in [0.717, 1.165) is 5.56 Å². The predicted molar refractivity (Wildman–Crippen MR) is 92.7 cm³/mol. The first-order valence-corrected chi connectivity index (χ1v) is 7.59. The van der Waals surface area contributed by atoms with E-state index in [1.54, 1.807) is 67.0 Å². The van der Waals surface area contributed by atoms with Crippen molar-refractivity contribution >= 4 is 17.4 Å². The SMILES string of the molecule is Cc1ccc(C(=O)C(=O)Nc2ccc(Oc3ncccn3)cc2)cc1. The first kappa shape index (κ1) is 16.3. The van der Waals surface area contributed by atoms with Gasteiger partial charge < -0.3 is 10.1 Å². The zero-order valence-corrected chi connectivity index (χ0v) is 13.5. The molecular formula is C19H15N3O3. The van der Waals surface area contributed by atoms with E-state index >= 15 is 0 Å². The number of hydrogen-bond acceptors (Lipinski definition) is 5. The van der Waals surface area contributed by atoms with E-state index in [-0.39, 0.29) is 6.01 Å². The molecule has 25 heavy (non-hydrogen) atoms. The maximum Gasteiger partial charge on any atom is 0.321 e. The molecule has 3 rings (SSSR count). The van der Waals surface area contributed by atoms with E-state index in [1.165, 1.54) is 0 Å². The highest BCUT2D eigenvalue weighted by molar-refractivity contribution is 6.46. The van der Waals surface area contributed by atoms with Gasteiger partial charge in [0.15, 0.2) is 0 Å². The molecule has 0 aliphatic heterocycles. The maximum absolute atomic E-state index is 12.1. The average Bonchev–Trinajstić information content (AvgIpc) is 2.64. The van der Waals surface area contributed by atoms with Crippen LogP contribution in [0.4, 0.5) is 5.69 Å². The standard InChI is InChI=1S/C19H15N3O3/c1-13-3-5-14(6-4-13)17(23)18(24)22-15-7-9-16(10-8-15)25-19-20-11-2-12-21-19/h2-12H,1H3,(H,22,24). The number of carbonyl (C=O) groups excluding carboxylic acids is 2. The van der Waals surface area contributed by atoms with Crippen molar-refractivity contribution in [2.75, 3.05) is 5.32 Å². The Kier molecular flexibility index (Phi) is 4.80. The van der Waals surface area contributed by atoms with Crippen molar-refractivity contribution < 1.29 is 14.3 Å². The van der Waals surface area contributed by atoms with Gasteiger partial charge in [0.25, 0.3) is 11.7 Å². The Balaban J connectivity index is 1.63. The Morgan fingerprint density at radius 2 is 1.56 bits per heavy atom. The van der Waals surface area contributed by atoms with Crippen molar-refractivity contribution in [2.24, 2.45) is 0 Å². The van der Waals surface area contributed by atoms with Gasteiger partial charge in [-0.2, -0.15) is 0 Å². The lowest BCUT2D eigenvalue weighted by Crippen LogP contribution is -2.22. The lowest BCUT2D eigenvalue weighted by Gasteiger charge is -2.07. The van der Waals surface area contributed by atoms with Crippen LogP contribution in [0.1, 0.15) is 15.9 Å². The molecule has 6 nitrogen and oxygen atoms in total. The number of carbonyl (C=O) groups is 2. The predicted octanol–water partition coefficient (Wildman–Crippen LogP) is 3.40. The number of nitrogens with one attached hydrogen (secondary N) is 1. The lowest BCUT2D eigenvalue weighted by molar-refractivity contribution is -0.112. The van der Waals surface area contributed by atoms with Crippen LogP contribution >= 0.6 is 0 Å². The third-order valence-electron chi connectivity index (χ3n) is 3.38. The summed E-state index contributed by atoms with van der Waals surface area (Å²) in [6, 6.07) is 15.4. The fourth-order valence-electron chi connectivity index (χ4n) is 2.07. The molecule has 1 heterocycles. The van der Waals surface area contributed by atoms with Crippen LogP contribution in [0.25, 0.3) is 0 Å². The first-order chi connectivity index (χ1) is 12.1. The summed E-state index contributed by atoms with van der Waals surface area (Å²) >= 11 is 0. The van der Waals surface area contributed by atoms with Gasteiger partial charge >= 0.3 is 6.01 Å². The van der Waals surface area contributed by atoms with Gasteiger partial charge in [0, 0.05) is 23.6 Å². The van der Waals surface area contributed by atoms with Crippen molar-refractivity contribution in [3.05, 3.63) is 78.1 Å². The minimum absolute atomic E-state index is 0.230. The number of anilines is 1. The molecule has 1 N–H and O–H groups in total. The number of ether oxygens (including phenoxy) is 1. The molecule has 0 radical (unpaired) electrons. The van der Waals surface area contributed by atoms with Gasteiger partial charge in [0.2, 0.25) is 0 Å². The normalized spacial score (nSPS) is 10.1. The number of aryl methyl sites for hydroxylation is 1.